The fraction of sp³-hybridized carbons (Fsp3) is 0.297. The van der Waals surface area contributed by atoms with Crippen LogP contribution in [0.4, 0.5) is 0 Å². The van der Waals surface area contributed by atoms with Crippen molar-refractivity contribution in [2.24, 2.45) is 0 Å². The Morgan fingerprint density at radius 1 is 0.870 bits per heavy atom. The van der Waals surface area contributed by atoms with Gasteiger partial charge in [-0.05, 0) is 58.5 Å². The molecule has 4 aromatic carbocycles. The molecule has 0 unspecified atom stereocenters. The van der Waals surface area contributed by atoms with E-state index in [2.05, 4.69) is 11.4 Å². The molecule has 4 aromatic rings. The van der Waals surface area contributed by atoms with E-state index >= 15 is 0 Å². The van der Waals surface area contributed by atoms with E-state index < -0.39 is 12.3 Å². The summed E-state index contributed by atoms with van der Waals surface area (Å²) >= 11 is 1.70. The molecule has 5 rings (SSSR count). The Balaban J connectivity index is 1.32. The van der Waals surface area contributed by atoms with Crippen LogP contribution in [0.1, 0.15) is 60.3 Å². The number of methoxy groups -OCH3 is 1. The van der Waals surface area contributed by atoms with Crippen molar-refractivity contribution in [1.82, 2.24) is 5.32 Å². The number of ether oxygens (including phenoxy) is 3. The second kappa shape index (κ2) is 16.4. The summed E-state index contributed by atoms with van der Waals surface area (Å²) in [4.78, 5) is 23.9. The number of carbonyl (C=O) groups is 2. The van der Waals surface area contributed by atoms with Crippen LogP contribution in [0.25, 0.3) is 11.1 Å². The number of aliphatic hydroxyl groups is 1. The van der Waals surface area contributed by atoms with Gasteiger partial charge < -0.3 is 29.7 Å². The molecule has 1 aliphatic rings. The minimum absolute atomic E-state index is 0.0110. The largest absolute Gasteiger partial charge is 0.496 e. The zero-order chi connectivity index (χ0) is 32.3. The van der Waals surface area contributed by atoms with Crippen LogP contribution in [0.15, 0.2) is 102 Å². The first kappa shape index (κ1) is 33.2. The van der Waals surface area contributed by atoms with E-state index in [1.54, 1.807) is 18.9 Å². The van der Waals surface area contributed by atoms with Gasteiger partial charge in [0.2, 0.25) is 5.91 Å². The molecule has 1 fully saturated rings. The first-order valence-corrected chi connectivity index (χ1v) is 16.3. The number of hydrogen-bond donors (Lipinski definition) is 3. The Labute approximate surface area is 273 Å². The summed E-state index contributed by atoms with van der Waals surface area (Å²) in [5.74, 6) is 0.482. The number of aliphatic hydroxyl groups excluding tert-OH is 1. The van der Waals surface area contributed by atoms with Gasteiger partial charge in [-0.25, -0.2) is 0 Å². The summed E-state index contributed by atoms with van der Waals surface area (Å²) in [7, 11) is 1.68. The SMILES string of the molecule is COc1ccccc1SC[C@@H]1C[C@H](c2ccc(CO)cc2)O[C@H](c2cccc(-c3cccc(CNC(=O)CCCC(=O)O)c3)c2)O1. The average Bonchev–Trinajstić information content (AvgIpc) is 3.10. The zero-order valence-corrected chi connectivity index (χ0v) is 26.6. The van der Waals surface area contributed by atoms with Gasteiger partial charge in [0, 0.05) is 42.0 Å². The number of nitrogens with one attached hydrogen (secondary N) is 1. The predicted molar refractivity (Wildman–Crippen MR) is 177 cm³/mol. The van der Waals surface area contributed by atoms with Crippen molar-refractivity contribution in [2.75, 3.05) is 12.9 Å². The number of benzene rings is 4. The number of para-hydroxylation sites is 1. The van der Waals surface area contributed by atoms with E-state index in [4.69, 9.17) is 19.3 Å². The maximum Gasteiger partial charge on any atom is 0.303 e. The van der Waals surface area contributed by atoms with Gasteiger partial charge in [0.1, 0.15) is 5.75 Å². The number of carbonyl (C=O) groups excluding carboxylic acids is 1. The first-order valence-electron chi connectivity index (χ1n) is 15.4. The predicted octanol–water partition coefficient (Wildman–Crippen LogP) is 7.06. The summed E-state index contributed by atoms with van der Waals surface area (Å²) in [5.41, 5.74) is 5.72. The molecule has 46 heavy (non-hydrogen) atoms. The Hall–Kier alpha value is -4.15. The number of amides is 1. The third-order valence-corrected chi connectivity index (χ3v) is 9.00. The molecular formula is C37H39NO7S. The molecule has 1 heterocycles. The lowest BCUT2D eigenvalue weighted by molar-refractivity contribution is -0.245. The molecule has 8 nitrogen and oxygen atoms in total. The van der Waals surface area contributed by atoms with Crippen molar-refractivity contribution in [1.29, 1.82) is 0 Å². The summed E-state index contributed by atoms with van der Waals surface area (Å²) in [6.07, 6.45) is 0.275. The Morgan fingerprint density at radius 2 is 1.63 bits per heavy atom. The lowest BCUT2D eigenvalue weighted by Crippen LogP contribution is -2.31. The van der Waals surface area contributed by atoms with Gasteiger partial charge in [0.15, 0.2) is 6.29 Å². The quantitative estimate of drug-likeness (QED) is 0.125. The summed E-state index contributed by atoms with van der Waals surface area (Å²) < 4.78 is 18.7. The maximum atomic E-state index is 12.2. The van der Waals surface area contributed by atoms with Crippen LogP contribution in [0.2, 0.25) is 0 Å². The highest BCUT2D eigenvalue weighted by molar-refractivity contribution is 7.99. The molecule has 0 radical (unpaired) electrons. The molecule has 0 spiro atoms. The van der Waals surface area contributed by atoms with Crippen molar-refractivity contribution < 1.29 is 34.0 Å². The molecule has 9 heteroatoms. The topological polar surface area (TPSA) is 114 Å². The highest BCUT2D eigenvalue weighted by Gasteiger charge is 2.32. The molecule has 1 aliphatic heterocycles. The van der Waals surface area contributed by atoms with Crippen LogP contribution in [0, 0.1) is 0 Å². The van der Waals surface area contributed by atoms with E-state index in [-0.39, 0.29) is 37.6 Å². The van der Waals surface area contributed by atoms with Crippen molar-refractivity contribution in [2.45, 2.75) is 62.2 Å². The molecule has 0 aliphatic carbocycles. The number of aliphatic carboxylic acids is 1. The Morgan fingerprint density at radius 3 is 2.39 bits per heavy atom. The van der Waals surface area contributed by atoms with Gasteiger partial charge in [-0.2, -0.15) is 0 Å². The fourth-order valence-corrected chi connectivity index (χ4v) is 6.41. The Bertz CT molecular complexity index is 1610. The molecule has 0 bridgehead atoms. The van der Waals surface area contributed by atoms with Crippen LogP contribution in [-0.2, 0) is 32.2 Å². The zero-order valence-electron chi connectivity index (χ0n) is 25.8. The summed E-state index contributed by atoms with van der Waals surface area (Å²) in [5, 5.41) is 21.2. The van der Waals surface area contributed by atoms with Crippen molar-refractivity contribution in [3.8, 4) is 16.9 Å². The van der Waals surface area contributed by atoms with Gasteiger partial charge in [-0.1, -0.05) is 72.8 Å². The van der Waals surface area contributed by atoms with Gasteiger partial charge in [0.05, 0.1) is 25.9 Å². The van der Waals surface area contributed by atoms with Crippen LogP contribution in [0.5, 0.6) is 5.75 Å². The number of carboxylic acids is 1. The van der Waals surface area contributed by atoms with Crippen LogP contribution >= 0.6 is 11.8 Å². The third-order valence-electron chi connectivity index (χ3n) is 7.81. The van der Waals surface area contributed by atoms with Crippen LogP contribution < -0.4 is 10.1 Å². The second-order valence-electron chi connectivity index (χ2n) is 11.2. The lowest BCUT2D eigenvalue weighted by atomic mass is 9.99. The van der Waals surface area contributed by atoms with Gasteiger partial charge in [0.25, 0.3) is 0 Å². The summed E-state index contributed by atoms with van der Waals surface area (Å²) in [6.45, 7) is 0.347. The number of rotatable bonds is 14. The van der Waals surface area contributed by atoms with E-state index in [1.807, 2.05) is 91.0 Å². The number of thioether (sulfide) groups is 1. The third kappa shape index (κ3) is 9.20. The molecule has 3 atom stereocenters. The van der Waals surface area contributed by atoms with Crippen LogP contribution in [-0.4, -0.2) is 41.1 Å². The molecule has 0 saturated carbocycles. The second-order valence-corrected chi connectivity index (χ2v) is 12.2. The monoisotopic (exact) mass is 641 g/mol. The lowest BCUT2D eigenvalue weighted by Gasteiger charge is -2.36. The van der Waals surface area contributed by atoms with Gasteiger partial charge >= 0.3 is 5.97 Å². The van der Waals surface area contributed by atoms with Crippen molar-refractivity contribution in [3.05, 3.63) is 119 Å². The Kier molecular flexibility index (Phi) is 11.9. The molecule has 1 saturated heterocycles. The average molecular weight is 642 g/mol. The fourth-order valence-electron chi connectivity index (χ4n) is 5.36. The standard InChI is InChI=1S/C37H39NO7S/c1-43-32-11-2-3-12-34(32)46-24-31-21-33(27-17-15-25(23-39)16-18-27)45-37(44-31)30-10-5-9-29(20-30)28-8-4-7-26(19-28)22-38-35(40)13-6-14-36(41)42/h2-5,7-12,15-20,31,33,37,39H,6,13-14,21-24H2,1H3,(H,38,40)(H,41,42)/t31-,33+,37+/m0/s1. The molecule has 0 aromatic heterocycles. The van der Waals surface area contributed by atoms with E-state index in [0.29, 0.717) is 19.4 Å². The smallest absolute Gasteiger partial charge is 0.303 e. The van der Waals surface area contributed by atoms with Gasteiger partial charge in [-0.15, -0.1) is 11.8 Å². The minimum atomic E-state index is -0.902. The molecular weight excluding hydrogens is 602 g/mol. The first-order chi connectivity index (χ1) is 22.4. The molecule has 1 amide bonds. The maximum absolute atomic E-state index is 12.2. The number of hydrogen-bond acceptors (Lipinski definition) is 7. The van der Waals surface area contributed by atoms with Crippen molar-refractivity contribution in [3.63, 3.8) is 0 Å². The van der Waals surface area contributed by atoms with Crippen molar-refractivity contribution >= 4 is 23.6 Å². The minimum Gasteiger partial charge on any atom is -0.496 e. The highest BCUT2D eigenvalue weighted by atomic mass is 32.2. The summed E-state index contributed by atoms with van der Waals surface area (Å²) in [6, 6.07) is 31.9. The molecule has 3 N–H and O–H groups in total. The highest BCUT2D eigenvalue weighted by Crippen LogP contribution is 2.41. The molecule has 240 valence electrons. The normalized spacial score (nSPS) is 17.7. The number of carboxylic acid groups (broad SMARTS) is 1. The van der Waals surface area contributed by atoms with Crippen LogP contribution in [0.3, 0.4) is 0 Å². The van der Waals surface area contributed by atoms with E-state index in [9.17, 15) is 14.7 Å². The van der Waals surface area contributed by atoms with E-state index in [0.717, 1.165) is 49.8 Å². The van der Waals surface area contributed by atoms with Gasteiger partial charge in [-0.3, -0.25) is 9.59 Å². The van der Waals surface area contributed by atoms with E-state index in [1.165, 1.54) is 0 Å².